The van der Waals surface area contributed by atoms with Gasteiger partial charge in [-0.2, -0.15) is 5.10 Å². The molecule has 0 bridgehead atoms. The van der Waals surface area contributed by atoms with Crippen molar-refractivity contribution in [2.45, 2.75) is 23.8 Å². The van der Waals surface area contributed by atoms with Gasteiger partial charge in [0.15, 0.2) is 0 Å². The number of aromatic nitrogens is 2. The van der Waals surface area contributed by atoms with Crippen molar-refractivity contribution < 1.29 is 8.42 Å². The molecule has 1 heterocycles. The molecule has 0 atom stereocenters. The van der Waals surface area contributed by atoms with E-state index in [2.05, 4.69) is 15.1 Å². The molecule has 7 heteroatoms. The van der Waals surface area contributed by atoms with Crippen molar-refractivity contribution in [3.05, 3.63) is 36.7 Å². The van der Waals surface area contributed by atoms with Crippen molar-refractivity contribution in [3.8, 4) is 0 Å². The van der Waals surface area contributed by atoms with Crippen LogP contribution < -0.4 is 10.0 Å². The second kappa shape index (κ2) is 4.92. The topological polar surface area (TPSA) is 76.0 Å². The lowest BCUT2D eigenvalue weighted by Gasteiger charge is -2.11. The van der Waals surface area contributed by atoms with Gasteiger partial charge >= 0.3 is 0 Å². The monoisotopic (exact) mass is 292 g/mol. The summed E-state index contributed by atoms with van der Waals surface area (Å²) in [5, 5.41) is 7.14. The Balaban J connectivity index is 1.91. The Bertz CT molecular complexity index is 719. The molecule has 2 aromatic rings. The Labute approximate surface area is 117 Å². The maximum Gasteiger partial charge on any atom is 0.242 e. The zero-order valence-corrected chi connectivity index (χ0v) is 11.9. The zero-order chi connectivity index (χ0) is 14.2. The molecule has 3 rings (SSSR count). The van der Waals surface area contributed by atoms with Crippen LogP contribution in [0.5, 0.6) is 0 Å². The molecule has 20 heavy (non-hydrogen) atoms. The number of para-hydroxylation sites is 1. The average Bonchev–Trinajstić information content (AvgIpc) is 3.10. The minimum absolute atomic E-state index is 0.0893. The quantitative estimate of drug-likeness (QED) is 0.877. The number of rotatable bonds is 5. The van der Waals surface area contributed by atoms with Gasteiger partial charge in [-0.05, 0) is 25.0 Å². The highest BCUT2D eigenvalue weighted by molar-refractivity contribution is 7.89. The Morgan fingerprint density at radius 1 is 1.30 bits per heavy atom. The second-order valence-corrected chi connectivity index (χ2v) is 6.60. The Hall–Kier alpha value is -1.86. The normalized spacial score (nSPS) is 15.2. The molecular weight excluding hydrogens is 276 g/mol. The third kappa shape index (κ3) is 2.83. The summed E-state index contributed by atoms with van der Waals surface area (Å²) >= 11 is 0. The predicted octanol–water partition coefficient (Wildman–Crippen LogP) is 1.60. The summed E-state index contributed by atoms with van der Waals surface area (Å²) in [6.45, 7) is 0. The molecule has 0 aliphatic heterocycles. The van der Waals surface area contributed by atoms with Crippen molar-refractivity contribution in [2.24, 2.45) is 7.05 Å². The standard InChI is InChI=1S/C13H16N4O2S/c1-17-9-11(8-14-17)15-12-4-2-3-5-13(12)20(18,19)16-10-6-7-10/h2-5,8-10,15-16H,6-7H2,1H3. The fraction of sp³-hybridized carbons (Fsp3) is 0.308. The van der Waals surface area contributed by atoms with Crippen LogP contribution in [0.15, 0.2) is 41.6 Å². The highest BCUT2D eigenvalue weighted by Crippen LogP contribution is 2.27. The molecular formula is C13H16N4O2S. The maximum absolute atomic E-state index is 12.3. The van der Waals surface area contributed by atoms with Gasteiger partial charge in [-0.3, -0.25) is 4.68 Å². The van der Waals surface area contributed by atoms with Crippen LogP contribution in [-0.4, -0.2) is 24.2 Å². The second-order valence-electron chi connectivity index (χ2n) is 4.92. The first kappa shape index (κ1) is 13.1. The van der Waals surface area contributed by atoms with E-state index in [0.29, 0.717) is 5.69 Å². The first-order valence-electron chi connectivity index (χ1n) is 6.42. The van der Waals surface area contributed by atoms with Crippen LogP contribution in [0.4, 0.5) is 11.4 Å². The van der Waals surface area contributed by atoms with Gasteiger partial charge in [0, 0.05) is 19.3 Å². The van der Waals surface area contributed by atoms with Crippen LogP contribution in [0, 0.1) is 0 Å². The van der Waals surface area contributed by atoms with Gasteiger partial charge in [-0.25, -0.2) is 13.1 Å². The van der Waals surface area contributed by atoms with Crippen molar-refractivity contribution >= 4 is 21.4 Å². The van der Waals surface area contributed by atoms with Crippen molar-refractivity contribution in [2.75, 3.05) is 5.32 Å². The fourth-order valence-electron chi connectivity index (χ4n) is 1.93. The third-order valence-corrected chi connectivity index (χ3v) is 4.64. The van der Waals surface area contributed by atoms with E-state index in [0.717, 1.165) is 18.5 Å². The van der Waals surface area contributed by atoms with E-state index >= 15 is 0 Å². The van der Waals surface area contributed by atoms with Crippen LogP contribution in [0.25, 0.3) is 0 Å². The minimum Gasteiger partial charge on any atom is -0.352 e. The number of nitrogens with one attached hydrogen (secondary N) is 2. The van der Waals surface area contributed by atoms with E-state index in [1.54, 1.807) is 41.3 Å². The maximum atomic E-state index is 12.3. The molecule has 1 fully saturated rings. The molecule has 1 aromatic carbocycles. The number of nitrogens with zero attached hydrogens (tertiary/aromatic N) is 2. The van der Waals surface area contributed by atoms with Crippen LogP contribution in [0.2, 0.25) is 0 Å². The summed E-state index contributed by atoms with van der Waals surface area (Å²) in [7, 11) is -1.67. The number of aryl methyl sites for hydroxylation is 1. The third-order valence-electron chi connectivity index (χ3n) is 3.06. The molecule has 106 valence electrons. The summed E-state index contributed by atoms with van der Waals surface area (Å²) in [4.78, 5) is 0.260. The van der Waals surface area contributed by atoms with Crippen molar-refractivity contribution in [1.29, 1.82) is 0 Å². The molecule has 1 aromatic heterocycles. The van der Waals surface area contributed by atoms with Crippen LogP contribution in [0.1, 0.15) is 12.8 Å². The van der Waals surface area contributed by atoms with Gasteiger partial charge < -0.3 is 5.32 Å². The number of sulfonamides is 1. The Morgan fingerprint density at radius 3 is 2.70 bits per heavy atom. The number of anilines is 2. The van der Waals surface area contributed by atoms with Gasteiger partial charge in [-0.1, -0.05) is 12.1 Å². The summed E-state index contributed by atoms with van der Waals surface area (Å²) < 4.78 is 29.0. The molecule has 1 aliphatic carbocycles. The minimum atomic E-state index is -3.48. The SMILES string of the molecule is Cn1cc(Nc2ccccc2S(=O)(=O)NC2CC2)cn1. The first-order chi connectivity index (χ1) is 9.54. The van der Waals surface area contributed by atoms with E-state index < -0.39 is 10.0 Å². The molecule has 1 aliphatic rings. The highest BCUT2D eigenvalue weighted by atomic mass is 32.2. The summed E-state index contributed by atoms with van der Waals surface area (Å²) in [5.41, 5.74) is 1.30. The number of benzene rings is 1. The first-order valence-corrected chi connectivity index (χ1v) is 7.90. The highest BCUT2D eigenvalue weighted by Gasteiger charge is 2.29. The average molecular weight is 292 g/mol. The van der Waals surface area contributed by atoms with E-state index in [1.165, 1.54) is 0 Å². The molecule has 6 nitrogen and oxygen atoms in total. The van der Waals surface area contributed by atoms with Crippen molar-refractivity contribution in [3.63, 3.8) is 0 Å². The lowest BCUT2D eigenvalue weighted by atomic mass is 10.3. The van der Waals surface area contributed by atoms with Gasteiger partial charge in [0.1, 0.15) is 4.90 Å². The van der Waals surface area contributed by atoms with Gasteiger partial charge in [-0.15, -0.1) is 0 Å². The molecule has 1 saturated carbocycles. The van der Waals surface area contributed by atoms with Gasteiger partial charge in [0.25, 0.3) is 0 Å². The largest absolute Gasteiger partial charge is 0.352 e. The van der Waals surface area contributed by atoms with Crippen LogP contribution >= 0.6 is 0 Å². The number of hydrogen-bond donors (Lipinski definition) is 2. The molecule has 0 unspecified atom stereocenters. The van der Waals surface area contributed by atoms with E-state index in [-0.39, 0.29) is 10.9 Å². The van der Waals surface area contributed by atoms with E-state index in [1.807, 2.05) is 7.05 Å². The van der Waals surface area contributed by atoms with Crippen LogP contribution in [-0.2, 0) is 17.1 Å². The lowest BCUT2D eigenvalue weighted by molar-refractivity contribution is 0.581. The molecule has 0 radical (unpaired) electrons. The molecule has 0 spiro atoms. The van der Waals surface area contributed by atoms with Gasteiger partial charge in [0.2, 0.25) is 10.0 Å². The van der Waals surface area contributed by atoms with Crippen LogP contribution in [0.3, 0.4) is 0 Å². The lowest BCUT2D eigenvalue weighted by Crippen LogP contribution is -2.26. The zero-order valence-electron chi connectivity index (χ0n) is 11.1. The molecule has 2 N–H and O–H groups in total. The predicted molar refractivity (Wildman–Crippen MR) is 76.3 cm³/mol. The van der Waals surface area contributed by atoms with Crippen molar-refractivity contribution in [1.82, 2.24) is 14.5 Å². The van der Waals surface area contributed by atoms with E-state index in [9.17, 15) is 8.42 Å². The fourth-order valence-corrected chi connectivity index (χ4v) is 3.40. The van der Waals surface area contributed by atoms with Gasteiger partial charge in [0.05, 0.1) is 17.6 Å². The Kier molecular flexibility index (Phi) is 3.23. The smallest absolute Gasteiger partial charge is 0.242 e. The molecule has 0 amide bonds. The number of hydrogen-bond acceptors (Lipinski definition) is 4. The Morgan fingerprint density at radius 2 is 2.05 bits per heavy atom. The summed E-state index contributed by atoms with van der Waals surface area (Å²) in [6.07, 6.45) is 5.27. The summed E-state index contributed by atoms with van der Waals surface area (Å²) in [6, 6.07) is 6.95. The van der Waals surface area contributed by atoms with E-state index in [4.69, 9.17) is 0 Å². The summed E-state index contributed by atoms with van der Waals surface area (Å²) in [5.74, 6) is 0. The molecule has 0 saturated heterocycles.